The van der Waals surface area contributed by atoms with Crippen LogP contribution in [0.5, 0.6) is 5.75 Å². The van der Waals surface area contributed by atoms with E-state index in [-0.39, 0.29) is 36.7 Å². The Hall–Kier alpha value is -3.47. The monoisotopic (exact) mass is 636 g/mol. The van der Waals surface area contributed by atoms with Crippen molar-refractivity contribution in [3.8, 4) is 5.75 Å². The summed E-state index contributed by atoms with van der Waals surface area (Å²) in [4.78, 5) is 44.7. The number of halogens is 1. The topological polar surface area (TPSA) is 100 Å². The molecule has 2 heterocycles. The molecule has 0 spiro atoms. The number of anilines is 2. The zero-order valence-electron chi connectivity index (χ0n) is 24.2. The zero-order chi connectivity index (χ0) is 29.8. The Morgan fingerprint density at radius 3 is 2.50 bits per heavy atom. The standard InChI is InChI=1S/C32H37BrN4O5/c1-20(34-2)31(39)35-26-19-36(30(38)17-21-13-15-42-16-14-21)27-9-4-5-10-28(27)37(32(26)40)18-24-22-7-6-8-25(33)23(22)11-12-29(24)41-3/h4-12,20-21,26,34H,13-19H2,1-3H3,(H,35,39). The van der Waals surface area contributed by atoms with Gasteiger partial charge in [-0.1, -0.05) is 40.2 Å². The molecule has 0 radical (unpaired) electrons. The van der Waals surface area contributed by atoms with E-state index in [1.165, 1.54) is 0 Å². The normalized spacial score (nSPS) is 18.4. The molecular formula is C32H37BrN4O5. The minimum absolute atomic E-state index is 0.0365. The van der Waals surface area contributed by atoms with Gasteiger partial charge in [-0.2, -0.15) is 0 Å². The van der Waals surface area contributed by atoms with Crippen molar-refractivity contribution in [3.63, 3.8) is 0 Å². The number of carbonyl (C=O) groups excluding carboxylic acids is 3. The van der Waals surface area contributed by atoms with Gasteiger partial charge in [0.15, 0.2) is 0 Å². The van der Waals surface area contributed by atoms with Gasteiger partial charge in [-0.25, -0.2) is 0 Å². The molecule has 0 bridgehead atoms. The third-order valence-corrected chi connectivity index (χ3v) is 8.95. The van der Waals surface area contributed by atoms with Crippen LogP contribution in [0.4, 0.5) is 11.4 Å². The average molecular weight is 638 g/mol. The Balaban J connectivity index is 1.59. The second-order valence-electron chi connectivity index (χ2n) is 10.8. The van der Waals surface area contributed by atoms with Crippen LogP contribution < -0.4 is 25.2 Å². The molecule has 9 nitrogen and oxygen atoms in total. The minimum Gasteiger partial charge on any atom is -0.496 e. The maximum Gasteiger partial charge on any atom is 0.251 e. The Bertz CT molecular complexity index is 1470. The number of methoxy groups -OCH3 is 1. The maximum atomic E-state index is 14.4. The summed E-state index contributed by atoms with van der Waals surface area (Å²) in [7, 11) is 3.30. The Labute approximate surface area is 254 Å². The van der Waals surface area contributed by atoms with Crippen LogP contribution in [0.2, 0.25) is 0 Å². The van der Waals surface area contributed by atoms with Crippen LogP contribution >= 0.6 is 15.9 Å². The molecule has 5 rings (SSSR count). The number of amides is 3. The van der Waals surface area contributed by atoms with Gasteiger partial charge in [-0.05, 0) is 73.8 Å². The largest absolute Gasteiger partial charge is 0.496 e. The van der Waals surface area contributed by atoms with Crippen LogP contribution in [0.15, 0.2) is 59.1 Å². The van der Waals surface area contributed by atoms with Crippen molar-refractivity contribution in [1.29, 1.82) is 0 Å². The number of nitrogens with one attached hydrogen (secondary N) is 2. The van der Waals surface area contributed by atoms with Crippen LogP contribution in [0.25, 0.3) is 10.8 Å². The third kappa shape index (κ3) is 6.16. The highest BCUT2D eigenvalue weighted by Crippen LogP contribution is 2.38. The quantitative estimate of drug-likeness (QED) is 0.380. The molecule has 3 aromatic carbocycles. The molecule has 222 valence electrons. The second-order valence-corrected chi connectivity index (χ2v) is 11.7. The highest BCUT2D eigenvalue weighted by Gasteiger charge is 2.38. The average Bonchev–Trinajstić information content (AvgIpc) is 3.12. The van der Waals surface area contributed by atoms with E-state index in [4.69, 9.17) is 9.47 Å². The lowest BCUT2D eigenvalue weighted by Crippen LogP contribution is -2.55. The molecule has 2 unspecified atom stereocenters. The number of carbonyl (C=O) groups is 3. The number of rotatable bonds is 8. The van der Waals surface area contributed by atoms with Crippen LogP contribution in [-0.4, -0.2) is 63.7 Å². The van der Waals surface area contributed by atoms with Crippen molar-refractivity contribution in [2.24, 2.45) is 5.92 Å². The fourth-order valence-electron chi connectivity index (χ4n) is 5.70. The van der Waals surface area contributed by atoms with Gasteiger partial charge in [-0.3, -0.25) is 14.4 Å². The Morgan fingerprint density at radius 1 is 1.05 bits per heavy atom. The third-order valence-electron chi connectivity index (χ3n) is 8.25. The van der Waals surface area contributed by atoms with E-state index < -0.39 is 12.1 Å². The number of benzene rings is 3. The van der Waals surface area contributed by atoms with Crippen molar-refractivity contribution < 1.29 is 23.9 Å². The number of nitrogens with zero attached hydrogens (tertiary/aromatic N) is 2. The molecule has 0 aromatic heterocycles. The molecule has 10 heteroatoms. The number of likely N-dealkylation sites (N-methyl/N-ethyl adjacent to an activating group) is 1. The summed E-state index contributed by atoms with van der Waals surface area (Å²) in [5, 5.41) is 7.79. The van der Waals surface area contributed by atoms with Gasteiger partial charge < -0.3 is 29.9 Å². The summed E-state index contributed by atoms with van der Waals surface area (Å²) in [6.07, 6.45) is 2.00. The molecule has 0 saturated carbocycles. The van der Waals surface area contributed by atoms with Crippen LogP contribution in [0.1, 0.15) is 31.7 Å². The van der Waals surface area contributed by atoms with Crippen molar-refractivity contribution in [1.82, 2.24) is 10.6 Å². The maximum absolute atomic E-state index is 14.4. The summed E-state index contributed by atoms with van der Waals surface area (Å²) < 4.78 is 12.2. The molecule has 2 aliphatic heterocycles. The van der Waals surface area contributed by atoms with Crippen LogP contribution in [-0.2, 0) is 25.7 Å². The zero-order valence-corrected chi connectivity index (χ0v) is 25.8. The molecule has 3 amide bonds. The fourth-order valence-corrected chi connectivity index (χ4v) is 6.20. The summed E-state index contributed by atoms with van der Waals surface area (Å²) >= 11 is 3.65. The lowest BCUT2D eigenvalue weighted by Gasteiger charge is -2.28. The SMILES string of the molecule is CNC(C)C(=O)NC1CN(C(=O)CC2CCOCC2)c2ccccc2N(Cc2c(OC)ccc3c(Br)cccc23)C1=O. The van der Waals surface area contributed by atoms with Crippen molar-refractivity contribution in [3.05, 3.63) is 64.6 Å². The van der Waals surface area contributed by atoms with E-state index in [9.17, 15) is 14.4 Å². The van der Waals surface area contributed by atoms with Gasteiger partial charge >= 0.3 is 0 Å². The summed E-state index contributed by atoms with van der Waals surface area (Å²) in [6.45, 7) is 3.24. The van der Waals surface area contributed by atoms with Crippen molar-refractivity contribution in [2.45, 2.75) is 44.8 Å². The lowest BCUT2D eigenvalue weighted by atomic mass is 9.95. The van der Waals surface area contributed by atoms with Gasteiger partial charge in [0.05, 0.1) is 37.6 Å². The number of hydrogen-bond acceptors (Lipinski definition) is 6. The van der Waals surface area contributed by atoms with E-state index in [1.807, 2.05) is 54.6 Å². The lowest BCUT2D eigenvalue weighted by molar-refractivity contribution is -0.128. The number of para-hydroxylation sites is 2. The fraction of sp³-hybridized carbons (Fsp3) is 0.406. The van der Waals surface area contributed by atoms with Crippen LogP contribution in [0, 0.1) is 5.92 Å². The number of ether oxygens (including phenoxy) is 2. The molecule has 2 N–H and O–H groups in total. The highest BCUT2D eigenvalue weighted by molar-refractivity contribution is 9.10. The van der Waals surface area contributed by atoms with Gasteiger partial charge in [0.2, 0.25) is 11.8 Å². The van der Waals surface area contributed by atoms with Gasteiger partial charge in [0, 0.05) is 29.7 Å². The molecular weight excluding hydrogens is 600 g/mol. The van der Waals surface area contributed by atoms with Gasteiger partial charge in [0.25, 0.3) is 5.91 Å². The summed E-state index contributed by atoms with van der Waals surface area (Å²) in [6, 6.07) is 15.8. The molecule has 3 aromatic rings. The molecule has 0 aliphatic carbocycles. The first kappa shape index (κ1) is 30.0. The predicted octanol–water partition coefficient (Wildman–Crippen LogP) is 4.40. The van der Waals surface area contributed by atoms with Gasteiger partial charge in [-0.15, -0.1) is 0 Å². The van der Waals surface area contributed by atoms with Crippen LogP contribution in [0.3, 0.4) is 0 Å². The predicted molar refractivity (Wildman–Crippen MR) is 167 cm³/mol. The Kier molecular flexibility index (Phi) is 9.45. The first-order valence-electron chi connectivity index (χ1n) is 14.3. The van der Waals surface area contributed by atoms with E-state index in [2.05, 4.69) is 26.6 Å². The second kappa shape index (κ2) is 13.2. The smallest absolute Gasteiger partial charge is 0.251 e. The number of hydrogen-bond donors (Lipinski definition) is 2. The first-order valence-corrected chi connectivity index (χ1v) is 15.1. The number of fused-ring (bicyclic) bond motifs is 2. The van der Waals surface area contributed by atoms with E-state index in [0.717, 1.165) is 33.7 Å². The Morgan fingerprint density at radius 2 is 1.79 bits per heavy atom. The highest BCUT2D eigenvalue weighted by atomic mass is 79.9. The molecule has 42 heavy (non-hydrogen) atoms. The molecule has 1 saturated heterocycles. The molecule has 2 aliphatic rings. The minimum atomic E-state index is -0.952. The molecule has 2 atom stereocenters. The molecule has 1 fully saturated rings. The summed E-state index contributed by atoms with van der Waals surface area (Å²) in [5.74, 6) is 0.174. The summed E-state index contributed by atoms with van der Waals surface area (Å²) in [5.41, 5.74) is 2.08. The van der Waals surface area contributed by atoms with E-state index >= 15 is 0 Å². The van der Waals surface area contributed by atoms with E-state index in [0.29, 0.717) is 36.8 Å². The van der Waals surface area contributed by atoms with Gasteiger partial charge in [0.1, 0.15) is 11.8 Å². The van der Waals surface area contributed by atoms with Crippen molar-refractivity contribution in [2.75, 3.05) is 43.7 Å². The van der Waals surface area contributed by atoms with Crippen molar-refractivity contribution >= 4 is 55.8 Å². The first-order chi connectivity index (χ1) is 20.3. The van der Waals surface area contributed by atoms with E-state index in [1.54, 1.807) is 30.9 Å².